The minimum atomic E-state index is -1.49. The number of ketones is 1. The lowest BCUT2D eigenvalue weighted by molar-refractivity contribution is -0.124. The van der Waals surface area contributed by atoms with Crippen molar-refractivity contribution in [2.24, 2.45) is 5.73 Å². The summed E-state index contributed by atoms with van der Waals surface area (Å²) in [5, 5.41) is 10.3. The van der Waals surface area contributed by atoms with Crippen LogP contribution in [-0.4, -0.2) is 18.7 Å². The summed E-state index contributed by atoms with van der Waals surface area (Å²) in [4.78, 5) is 30.7. The molecule has 5 rings (SSSR count). The number of allylic oxidation sites excluding steroid dienone is 1. The van der Waals surface area contributed by atoms with E-state index in [4.69, 9.17) is 5.73 Å². The number of rotatable bonds is 2. The number of nitriles is 1. The van der Waals surface area contributed by atoms with Crippen molar-refractivity contribution in [1.29, 1.82) is 5.26 Å². The van der Waals surface area contributed by atoms with Gasteiger partial charge in [0.1, 0.15) is 17.3 Å². The lowest BCUT2D eigenvalue weighted by Gasteiger charge is -2.43. The largest absolute Gasteiger partial charge is 0.384 e. The molecule has 1 aliphatic carbocycles. The number of nitrogens with zero attached hydrogens (tertiary/aromatic N) is 3. The van der Waals surface area contributed by atoms with Crippen molar-refractivity contribution in [2.45, 2.75) is 38.0 Å². The first-order valence-corrected chi connectivity index (χ1v) is 10.9. The quantitative estimate of drug-likeness (QED) is 0.794. The van der Waals surface area contributed by atoms with E-state index >= 15 is 0 Å². The van der Waals surface area contributed by atoms with E-state index in [1.54, 1.807) is 7.05 Å². The van der Waals surface area contributed by atoms with E-state index in [-0.39, 0.29) is 23.1 Å². The molecule has 2 heterocycles. The van der Waals surface area contributed by atoms with Gasteiger partial charge in [0.15, 0.2) is 5.78 Å². The summed E-state index contributed by atoms with van der Waals surface area (Å²) in [5.41, 5.74) is 9.74. The molecule has 0 aromatic heterocycles. The topological polar surface area (TPSA) is 90.4 Å². The second-order valence-electron chi connectivity index (χ2n) is 8.46. The van der Waals surface area contributed by atoms with Crippen LogP contribution in [0.15, 0.2) is 71.2 Å². The average molecular weight is 425 g/mol. The molecule has 2 N–H and O–H groups in total. The molecular weight excluding hydrogens is 400 g/mol. The van der Waals surface area contributed by atoms with E-state index < -0.39 is 5.41 Å². The van der Waals surface area contributed by atoms with Crippen LogP contribution < -0.4 is 15.5 Å². The number of hydrogen-bond acceptors (Lipinski definition) is 5. The van der Waals surface area contributed by atoms with Gasteiger partial charge in [-0.15, -0.1) is 0 Å². The summed E-state index contributed by atoms with van der Waals surface area (Å²) in [6, 6.07) is 17.6. The van der Waals surface area contributed by atoms with Gasteiger partial charge in [-0.1, -0.05) is 37.3 Å². The Kier molecular flexibility index (Phi) is 4.45. The Bertz CT molecular complexity index is 1270. The highest BCUT2D eigenvalue weighted by atomic mass is 16.2. The zero-order chi connectivity index (χ0) is 22.6. The molecule has 2 aromatic carbocycles. The summed E-state index contributed by atoms with van der Waals surface area (Å²) in [6.45, 7) is 2.09. The Hall–Kier alpha value is -3.85. The highest BCUT2D eigenvalue weighted by Crippen LogP contribution is 2.56. The maximum Gasteiger partial charge on any atom is 0.247 e. The summed E-state index contributed by atoms with van der Waals surface area (Å²) >= 11 is 0. The molecule has 0 bridgehead atoms. The van der Waals surface area contributed by atoms with Gasteiger partial charge in [-0.3, -0.25) is 14.5 Å². The predicted molar refractivity (Wildman–Crippen MR) is 123 cm³/mol. The smallest absolute Gasteiger partial charge is 0.247 e. The molecule has 160 valence electrons. The first kappa shape index (κ1) is 20.1. The Morgan fingerprint density at radius 2 is 1.81 bits per heavy atom. The van der Waals surface area contributed by atoms with E-state index in [0.717, 1.165) is 17.8 Å². The second-order valence-corrected chi connectivity index (χ2v) is 8.46. The zero-order valence-electron chi connectivity index (χ0n) is 18.2. The van der Waals surface area contributed by atoms with Crippen molar-refractivity contribution in [3.05, 3.63) is 82.3 Å². The first-order valence-electron chi connectivity index (χ1n) is 10.9. The zero-order valence-corrected chi connectivity index (χ0v) is 18.2. The van der Waals surface area contributed by atoms with Gasteiger partial charge in [-0.25, -0.2) is 0 Å². The second kappa shape index (κ2) is 7.10. The maximum absolute atomic E-state index is 13.9. The van der Waals surface area contributed by atoms with E-state index in [1.165, 1.54) is 10.5 Å². The van der Waals surface area contributed by atoms with E-state index in [2.05, 4.69) is 13.0 Å². The first-order chi connectivity index (χ1) is 15.5. The molecule has 1 spiro atoms. The Labute approximate surface area is 187 Å². The Morgan fingerprint density at radius 3 is 2.50 bits per heavy atom. The fourth-order valence-corrected chi connectivity index (χ4v) is 5.41. The summed E-state index contributed by atoms with van der Waals surface area (Å²) in [5.74, 6) is -0.189. The number of likely N-dealkylation sites (N-methyl/N-ethyl adjacent to an activating group) is 1. The third-order valence-corrected chi connectivity index (χ3v) is 6.91. The molecule has 0 unspecified atom stereocenters. The lowest BCUT2D eigenvalue weighted by Crippen LogP contribution is -2.52. The van der Waals surface area contributed by atoms with E-state index in [1.807, 2.05) is 53.4 Å². The average Bonchev–Trinajstić information content (AvgIpc) is 3.03. The van der Waals surface area contributed by atoms with Gasteiger partial charge >= 0.3 is 0 Å². The Morgan fingerprint density at radius 1 is 1.09 bits per heavy atom. The van der Waals surface area contributed by atoms with Gasteiger partial charge in [0.05, 0.1) is 5.57 Å². The van der Waals surface area contributed by atoms with Crippen LogP contribution in [0.4, 0.5) is 11.4 Å². The molecule has 0 saturated heterocycles. The number of aryl methyl sites for hydroxylation is 1. The number of anilines is 2. The fourth-order valence-electron chi connectivity index (χ4n) is 5.41. The standard InChI is InChI=1S/C26H24N4O2/c1-3-16-11-13-17(14-12-16)30-21-9-6-10-22(31)23(21)26(19(15-27)24(30)28)18-7-4-5-8-20(18)29(2)25(26)32/h4-5,7-8,11-14H,3,6,9-10,28H2,1-2H3/t26-/m1/s1. The van der Waals surface area contributed by atoms with Crippen molar-refractivity contribution in [1.82, 2.24) is 0 Å². The number of benzene rings is 2. The molecule has 2 aromatic rings. The van der Waals surface area contributed by atoms with E-state index in [0.29, 0.717) is 36.1 Å². The molecule has 6 heteroatoms. The molecule has 1 amide bonds. The van der Waals surface area contributed by atoms with Gasteiger partial charge in [0.2, 0.25) is 5.91 Å². The predicted octanol–water partition coefficient (Wildman–Crippen LogP) is 3.68. The number of amides is 1. The third kappa shape index (κ3) is 2.39. The monoisotopic (exact) mass is 424 g/mol. The third-order valence-electron chi connectivity index (χ3n) is 6.91. The van der Waals surface area contributed by atoms with Gasteiger partial charge < -0.3 is 10.6 Å². The van der Waals surface area contributed by atoms with Gasteiger partial charge in [0, 0.05) is 41.7 Å². The minimum absolute atomic E-state index is 0.0971. The van der Waals surface area contributed by atoms with Crippen LogP contribution in [0, 0.1) is 11.3 Å². The fraction of sp³-hybridized carbons (Fsp3) is 0.269. The van der Waals surface area contributed by atoms with Crippen molar-refractivity contribution < 1.29 is 9.59 Å². The number of hydrogen-bond donors (Lipinski definition) is 1. The number of carbonyl (C=O) groups excluding carboxylic acids is 2. The molecule has 6 nitrogen and oxygen atoms in total. The SMILES string of the molecule is CCc1ccc(N2C(N)=C(C#N)[C@@]3(C(=O)N(C)c4ccccc43)C3=C2CCCC3=O)cc1. The number of para-hydroxylation sites is 1. The number of carbonyl (C=O) groups is 2. The van der Waals surface area contributed by atoms with Crippen molar-refractivity contribution in [3.8, 4) is 6.07 Å². The Balaban J connectivity index is 1.86. The molecule has 0 fully saturated rings. The minimum Gasteiger partial charge on any atom is -0.384 e. The van der Waals surface area contributed by atoms with Crippen LogP contribution in [0.3, 0.4) is 0 Å². The molecule has 2 aliphatic heterocycles. The number of Topliss-reactive ketones (excluding diaryl/α,β-unsaturated/α-hetero) is 1. The van der Waals surface area contributed by atoms with Gasteiger partial charge in [-0.05, 0) is 43.0 Å². The molecule has 3 aliphatic rings. The van der Waals surface area contributed by atoms with Crippen molar-refractivity contribution in [2.75, 3.05) is 16.8 Å². The molecule has 32 heavy (non-hydrogen) atoms. The lowest BCUT2D eigenvalue weighted by atomic mass is 9.64. The van der Waals surface area contributed by atoms with Crippen LogP contribution in [0.5, 0.6) is 0 Å². The van der Waals surface area contributed by atoms with Gasteiger partial charge in [0.25, 0.3) is 0 Å². The van der Waals surface area contributed by atoms with Gasteiger partial charge in [-0.2, -0.15) is 5.26 Å². The summed E-state index contributed by atoms with van der Waals surface area (Å²) in [7, 11) is 1.69. The van der Waals surface area contributed by atoms with Crippen LogP contribution in [0.2, 0.25) is 0 Å². The maximum atomic E-state index is 13.9. The van der Waals surface area contributed by atoms with E-state index in [9.17, 15) is 14.9 Å². The van der Waals surface area contributed by atoms with Crippen molar-refractivity contribution >= 4 is 23.1 Å². The summed E-state index contributed by atoms with van der Waals surface area (Å²) in [6.07, 6.45) is 2.54. The number of nitrogens with two attached hydrogens (primary N) is 1. The normalized spacial score (nSPS) is 22.4. The van der Waals surface area contributed by atoms with Crippen LogP contribution >= 0.6 is 0 Å². The highest BCUT2D eigenvalue weighted by molar-refractivity contribution is 6.20. The molecule has 1 atom stereocenters. The summed E-state index contributed by atoms with van der Waals surface area (Å²) < 4.78 is 0. The van der Waals surface area contributed by atoms with Crippen LogP contribution in [-0.2, 0) is 21.4 Å². The van der Waals surface area contributed by atoms with Crippen LogP contribution in [0.25, 0.3) is 0 Å². The van der Waals surface area contributed by atoms with Crippen LogP contribution in [0.1, 0.15) is 37.3 Å². The van der Waals surface area contributed by atoms with Crippen molar-refractivity contribution in [3.63, 3.8) is 0 Å². The molecule has 0 saturated carbocycles. The molecule has 0 radical (unpaired) electrons. The highest BCUT2D eigenvalue weighted by Gasteiger charge is 2.61. The number of fused-ring (bicyclic) bond motifs is 3. The molecular formula is C26H24N4O2.